The summed E-state index contributed by atoms with van der Waals surface area (Å²) in [6, 6.07) is 22.5. The first kappa shape index (κ1) is 19.1. The van der Waals surface area contributed by atoms with Crippen LogP contribution in [0.15, 0.2) is 85.1 Å². The lowest BCUT2D eigenvalue weighted by Crippen LogP contribution is -2.15. The molecule has 0 saturated heterocycles. The summed E-state index contributed by atoms with van der Waals surface area (Å²) in [5.41, 5.74) is 3.52. The summed E-state index contributed by atoms with van der Waals surface area (Å²) in [6.45, 7) is 0. The van der Waals surface area contributed by atoms with Crippen molar-refractivity contribution in [2.75, 3.05) is 5.32 Å². The van der Waals surface area contributed by atoms with E-state index in [-0.39, 0.29) is 17.4 Å². The van der Waals surface area contributed by atoms with Gasteiger partial charge in [-0.05, 0) is 54.1 Å². The van der Waals surface area contributed by atoms with E-state index in [1.807, 2.05) is 30.3 Å². The average Bonchev–Trinajstić information content (AvgIpc) is 2.77. The molecule has 0 aliphatic rings. The Morgan fingerprint density at radius 3 is 2.13 bits per heavy atom. The van der Waals surface area contributed by atoms with Crippen LogP contribution in [0.3, 0.4) is 0 Å². The molecule has 0 aliphatic heterocycles. The van der Waals surface area contributed by atoms with Gasteiger partial charge in [-0.25, -0.2) is 9.97 Å². The minimum atomic E-state index is -0.337. The number of hydrogen-bond acceptors (Lipinski definition) is 5. The fourth-order valence-electron chi connectivity index (χ4n) is 3.01. The standard InChI is InChI=1S/C24H19N3O3/c28-19-10-6-17(7-11-19)22-15-25-23(21(26-22)14-16-4-2-1-3-5-16)27-24(30)18-8-12-20(29)13-9-18/h1-13,15,28-29H,14H2,(H,25,27,30). The predicted molar refractivity (Wildman–Crippen MR) is 114 cm³/mol. The van der Waals surface area contributed by atoms with Crippen molar-refractivity contribution in [2.45, 2.75) is 6.42 Å². The zero-order valence-corrected chi connectivity index (χ0v) is 16.0. The Kier molecular flexibility index (Phi) is 5.39. The van der Waals surface area contributed by atoms with Crippen molar-refractivity contribution in [1.82, 2.24) is 9.97 Å². The van der Waals surface area contributed by atoms with Crippen LogP contribution in [-0.2, 0) is 6.42 Å². The van der Waals surface area contributed by atoms with E-state index in [0.717, 1.165) is 11.1 Å². The number of hydrogen-bond donors (Lipinski definition) is 3. The molecule has 3 aromatic carbocycles. The van der Waals surface area contributed by atoms with Crippen LogP contribution >= 0.6 is 0 Å². The van der Waals surface area contributed by atoms with Crippen molar-refractivity contribution >= 4 is 11.7 Å². The van der Waals surface area contributed by atoms with E-state index < -0.39 is 0 Å². The minimum absolute atomic E-state index is 0.0920. The summed E-state index contributed by atoms with van der Waals surface area (Å²) in [4.78, 5) is 21.8. The second-order valence-electron chi connectivity index (χ2n) is 6.76. The molecule has 6 heteroatoms. The normalized spacial score (nSPS) is 10.5. The number of carbonyl (C=O) groups excluding carboxylic acids is 1. The highest BCUT2D eigenvalue weighted by molar-refractivity contribution is 6.04. The zero-order valence-electron chi connectivity index (χ0n) is 16.0. The maximum Gasteiger partial charge on any atom is 0.256 e. The van der Waals surface area contributed by atoms with Crippen molar-refractivity contribution in [1.29, 1.82) is 0 Å². The first-order chi connectivity index (χ1) is 14.6. The van der Waals surface area contributed by atoms with E-state index in [0.29, 0.717) is 29.2 Å². The number of rotatable bonds is 5. The molecule has 1 aromatic heterocycles. The summed E-state index contributed by atoms with van der Waals surface area (Å²) in [5.74, 6) is 0.304. The van der Waals surface area contributed by atoms with Gasteiger partial charge in [0.2, 0.25) is 0 Å². The monoisotopic (exact) mass is 397 g/mol. The molecule has 3 N–H and O–H groups in total. The highest BCUT2D eigenvalue weighted by atomic mass is 16.3. The van der Waals surface area contributed by atoms with E-state index >= 15 is 0 Å². The number of aromatic hydroxyl groups is 2. The average molecular weight is 397 g/mol. The zero-order chi connectivity index (χ0) is 20.9. The van der Waals surface area contributed by atoms with Gasteiger partial charge < -0.3 is 15.5 Å². The maximum absolute atomic E-state index is 12.6. The molecule has 30 heavy (non-hydrogen) atoms. The van der Waals surface area contributed by atoms with Gasteiger partial charge in [-0.1, -0.05) is 30.3 Å². The molecule has 6 nitrogen and oxygen atoms in total. The molecule has 0 aliphatic carbocycles. The first-order valence-electron chi connectivity index (χ1n) is 9.38. The Labute approximate surface area is 173 Å². The van der Waals surface area contributed by atoms with Crippen LogP contribution in [0.25, 0.3) is 11.3 Å². The van der Waals surface area contributed by atoms with Crippen molar-refractivity contribution in [2.24, 2.45) is 0 Å². The third-order valence-corrected chi connectivity index (χ3v) is 4.58. The third kappa shape index (κ3) is 4.44. The van der Waals surface area contributed by atoms with E-state index in [2.05, 4.69) is 10.3 Å². The van der Waals surface area contributed by atoms with Crippen LogP contribution in [0, 0.1) is 0 Å². The molecule has 0 atom stereocenters. The summed E-state index contributed by atoms with van der Waals surface area (Å²) >= 11 is 0. The molecular weight excluding hydrogens is 378 g/mol. The van der Waals surface area contributed by atoms with Gasteiger partial charge in [0.15, 0.2) is 5.82 Å². The smallest absolute Gasteiger partial charge is 0.256 e. The molecule has 0 spiro atoms. The number of amides is 1. The Bertz CT molecular complexity index is 1160. The van der Waals surface area contributed by atoms with Crippen molar-refractivity contribution in [3.05, 3.63) is 102 Å². The van der Waals surface area contributed by atoms with Gasteiger partial charge in [-0.15, -0.1) is 0 Å². The quantitative estimate of drug-likeness (QED) is 0.464. The maximum atomic E-state index is 12.6. The van der Waals surface area contributed by atoms with Gasteiger partial charge in [-0.3, -0.25) is 4.79 Å². The summed E-state index contributed by atoms with van der Waals surface area (Å²) in [5, 5.41) is 21.8. The van der Waals surface area contributed by atoms with Crippen LogP contribution in [-0.4, -0.2) is 26.1 Å². The van der Waals surface area contributed by atoms with E-state index in [9.17, 15) is 15.0 Å². The highest BCUT2D eigenvalue weighted by Gasteiger charge is 2.14. The lowest BCUT2D eigenvalue weighted by molar-refractivity contribution is 0.102. The molecule has 4 rings (SSSR count). The Morgan fingerprint density at radius 2 is 1.47 bits per heavy atom. The van der Waals surface area contributed by atoms with E-state index in [1.165, 1.54) is 12.1 Å². The van der Waals surface area contributed by atoms with Crippen molar-refractivity contribution in [3.63, 3.8) is 0 Å². The van der Waals surface area contributed by atoms with Crippen LogP contribution in [0.5, 0.6) is 11.5 Å². The molecule has 0 saturated carbocycles. The van der Waals surface area contributed by atoms with Crippen LogP contribution in [0.1, 0.15) is 21.6 Å². The second-order valence-corrected chi connectivity index (χ2v) is 6.76. The fraction of sp³-hybridized carbons (Fsp3) is 0.0417. The minimum Gasteiger partial charge on any atom is -0.508 e. The van der Waals surface area contributed by atoms with Crippen molar-refractivity contribution < 1.29 is 15.0 Å². The van der Waals surface area contributed by atoms with E-state index in [1.54, 1.807) is 42.6 Å². The predicted octanol–water partition coefficient (Wildman–Crippen LogP) is 4.40. The molecule has 4 aromatic rings. The third-order valence-electron chi connectivity index (χ3n) is 4.58. The summed E-state index contributed by atoms with van der Waals surface area (Å²) < 4.78 is 0. The summed E-state index contributed by atoms with van der Waals surface area (Å²) in [7, 11) is 0. The SMILES string of the molecule is O=C(Nc1ncc(-c2ccc(O)cc2)nc1Cc1ccccc1)c1ccc(O)cc1. The van der Waals surface area contributed by atoms with Crippen LogP contribution in [0.4, 0.5) is 5.82 Å². The van der Waals surface area contributed by atoms with Gasteiger partial charge >= 0.3 is 0 Å². The van der Waals surface area contributed by atoms with Gasteiger partial charge in [-0.2, -0.15) is 0 Å². The number of anilines is 1. The number of phenols is 2. The molecule has 148 valence electrons. The second kappa shape index (κ2) is 8.45. The summed E-state index contributed by atoms with van der Waals surface area (Å²) in [6.07, 6.45) is 2.08. The first-order valence-corrected chi connectivity index (χ1v) is 9.38. The molecule has 0 fully saturated rings. The topological polar surface area (TPSA) is 95.3 Å². The lowest BCUT2D eigenvalue weighted by atomic mass is 10.1. The fourth-order valence-corrected chi connectivity index (χ4v) is 3.01. The van der Waals surface area contributed by atoms with Crippen LogP contribution < -0.4 is 5.32 Å². The number of phenolic OH excluding ortho intramolecular Hbond substituents is 2. The van der Waals surface area contributed by atoms with Crippen LogP contribution in [0.2, 0.25) is 0 Å². The van der Waals surface area contributed by atoms with Crippen molar-refractivity contribution in [3.8, 4) is 22.8 Å². The molecule has 0 unspecified atom stereocenters. The van der Waals surface area contributed by atoms with Gasteiger partial charge in [0, 0.05) is 17.5 Å². The molecule has 0 bridgehead atoms. The number of aromatic nitrogens is 2. The van der Waals surface area contributed by atoms with E-state index in [4.69, 9.17) is 4.98 Å². The molecule has 1 amide bonds. The Morgan fingerprint density at radius 1 is 0.833 bits per heavy atom. The van der Waals surface area contributed by atoms with Gasteiger partial charge in [0.1, 0.15) is 11.5 Å². The molecular formula is C24H19N3O3. The van der Waals surface area contributed by atoms with Gasteiger partial charge in [0.05, 0.1) is 17.6 Å². The number of nitrogens with zero attached hydrogens (tertiary/aromatic N) is 2. The largest absolute Gasteiger partial charge is 0.508 e. The number of carbonyl (C=O) groups is 1. The number of benzene rings is 3. The number of nitrogens with one attached hydrogen (secondary N) is 1. The lowest BCUT2D eigenvalue weighted by Gasteiger charge is -2.12. The Balaban J connectivity index is 1.68. The molecule has 1 heterocycles. The highest BCUT2D eigenvalue weighted by Crippen LogP contribution is 2.24. The van der Waals surface area contributed by atoms with Gasteiger partial charge in [0.25, 0.3) is 5.91 Å². The molecule has 0 radical (unpaired) electrons. The Hall–Kier alpha value is -4.19.